The number of nitrogens with zero attached hydrogens (tertiary/aromatic N) is 1. The third kappa shape index (κ3) is 4.35. The van der Waals surface area contributed by atoms with Crippen molar-refractivity contribution >= 4 is 27.3 Å². The molecule has 0 unspecified atom stereocenters. The van der Waals surface area contributed by atoms with Gasteiger partial charge in [0, 0.05) is 18.8 Å². The van der Waals surface area contributed by atoms with Gasteiger partial charge < -0.3 is 10.6 Å². The molecule has 108 valence electrons. The highest BCUT2D eigenvalue weighted by molar-refractivity contribution is 7.89. The fourth-order valence-corrected chi connectivity index (χ4v) is 3.12. The van der Waals surface area contributed by atoms with E-state index in [1.807, 2.05) is 18.9 Å². The number of hydrogen-bond acceptors (Lipinski definition) is 4. The van der Waals surface area contributed by atoms with Crippen LogP contribution in [-0.2, 0) is 10.0 Å². The number of rotatable bonds is 6. The second-order valence-electron chi connectivity index (χ2n) is 4.43. The van der Waals surface area contributed by atoms with E-state index in [0.717, 1.165) is 12.1 Å². The molecule has 3 N–H and O–H groups in total. The number of likely N-dealkylation sites (N-methyl/N-ethyl adjacent to an activating group) is 1. The average Bonchev–Trinajstić information content (AvgIpc) is 2.33. The number of nitrogen functional groups attached to an aromatic ring is 1. The fraction of sp³-hybridized carbons (Fsp3) is 0.500. The number of sulfonamides is 1. The Morgan fingerprint density at radius 1 is 1.42 bits per heavy atom. The van der Waals surface area contributed by atoms with Crippen LogP contribution in [0.2, 0.25) is 5.02 Å². The maximum atomic E-state index is 12.1. The van der Waals surface area contributed by atoms with Crippen molar-refractivity contribution in [1.29, 1.82) is 0 Å². The van der Waals surface area contributed by atoms with Gasteiger partial charge in [-0.05, 0) is 38.2 Å². The van der Waals surface area contributed by atoms with Gasteiger partial charge in [0.1, 0.15) is 4.90 Å². The molecule has 0 bridgehead atoms. The molecular formula is C12H20ClN3O2S. The van der Waals surface area contributed by atoms with Crippen molar-refractivity contribution in [3.8, 4) is 0 Å². The number of halogens is 1. The fourth-order valence-electron chi connectivity index (χ4n) is 1.48. The van der Waals surface area contributed by atoms with Gasteiger partial charge in [0.2, 0.25) is 10.0 Å². The molecule has 0 saturated carbocycles. The molecule has 0 saturated heterocycles. The summed E-state index contributed by atoms with van der Waals surface area (Å²) in [5.74, 6) is 0. The molecule has 0 aromatic heterocycles. The molecule has 0 amide bonds. The minimum absolute atomic E-state index is 0.0245. The smallest absolute Gasteiger partial charge is 0.242 e. The molecule has 0 heterocycles. The predicted molar refractivity (Wildman–Crippen MR) is 79.0 cm³/mol. The van der Waals surface area contributed by atoms with Crippen molar-refractivity contribution in [2.75, 3.05) is 32.4 Å². The van der Waals surface area contributed by atoms with Crippen LogP contribution in [0.25, 0.3) is 0 Å². The molecule has 0 spiro atoms. The van der Waals surface area contributed by atoms with Crippen LogP contribution in [0.3, 0.4) is 0 Å². The normalized spacial score (nSPS) is 12.1. The van der Waals surface area contributed by atoms with Gasteiger partial charge in [-0.15, -0.1) is 0 Å². The summed E-state index contributed by atoms with van der Waals surface area (Å²) in [4.78, 5) is 2.03. The summed E-state index contributed by atoms with van der Waals surface area (Å²) < 4.78 is 26.8. The van der Waals surface area contributed by atoms with Gasteiger partial charge in [0.25, 0.3) is 0 Å². The number of aryl methyl sites for hydroxylation is 1. The van der Waals surface area contributed by atoms with E-state index >= 15 is 0 Å². The Balaban J connectivity index is 2.86. The molecule has 1 rings (SSSR count). The number of nitrogens with two attached hydrogens (primary N) is 1. The summed E-state index contributed by atoms with van der Waals surface area (Å²) in [5, 5.41) is 0.183. The number of anilines is 1. The first-order valence-corrected chi connectivity index (χ1v) is 7.88. The van der Waals surface area contributed by atoms with Crippen LogP contribution < -0.4 is 10.5 Å². The Kier molecular flexibility index (Phi) is 5.61. The summed E-state index contributed by atoms with van der Waals surface area (Å²) in [5.41, 5.74) is 6.90. The molecule has 0 fully saturated rings. The monoisotopic (exact) mass is 305 g/mol. The van der Waals surface area contributed by atoms with Crippen LogP contribution in [0.1, 0.15) is 12.5 Å². The first-order valence-electron chi connectivity index (χ1n) is 6.01. The van der Waals surface area contributed by atoms with Crippen LogP contribution in [0.4, 0.5) is 5.69 Å². The maximum absolute atomic E-state index is 12.1. The van der Waals surface area contributed by atoms with Crippen LogP contribution in [0.15, 0.2) is 17.0 Å². The summed E-state index contributed by atoms with van der Waals surface area (Å²) in [6.07, 6.45) is 0. The van der Waals surface area contributed by atoms with Crippen molar-refractivity contribution in [2.24, 2.45) is 0 Å². The zero-order valence-corrected chi connectivity index (χ0v) is 13.0. The summed E-state index contributed by atoms with van der Waals surface area (Å²) >= 11 is 5.97. The Morgan fingerprint density at radius 3 is 2.63 bits per heavy atom. The quantitative estimate of drug-likeness (QED) is 0.780. The van der Waals surface area contributed by atoms with Gasteiger partial charge in [0.05, 0.1) is 5.02 Å². The van der Waals surface area contributed by atoms with Crippen LogP contribution in [-0.4, -0.2) is 40.0 Å². The van der Waals surface area contributed by atoms with E-state index in [4.69, 9.17) is 17.3 Å². The first-order chi connectivity index (χ1) is 8.77. The van der Waals surface area contributed by atoms with Gasteiger partial charge in [-0.25, -0.2) is 13.1 Å². The van der Waals surface area contributed by atoms with Crippen molar-refractivity contribution in [3.63, 3.8) is 0 Å². The average molecular weight is 306 g/mol. The highest BCUT2D eigenvalue weighted by Crippen LogP contribution is 2.26. The molecule has 1 aromatic carbocycles. The second kappa shape index (κ2) is 6.56. The van der Waals surface area contributed by atoms with E-state index in [1.54, 1.807) is 13.0 Å². The van der Waals surface area contributed by atoms with Crippen LogP contribution in [0.5, 0.6) is 0 Å². The number of hydrogen-bond donors (Lipinski definition) is 2. The summed E-state index contributed by atoms with van der Waals surface area (Å²) in [6.45, 7) is 5.61. The van der Waals surface area contributed by atoms with Gasteiger partial charge >= 0.3 is 0 Å². The lowest BCUT2D eigenvalue weighted by Gasteiger charge is -2.15. The highest BCUT2D eigenvalue weighted by Gasteiger charge is 2.18. The van der Waals surface area contributed by atoms with E-state index in [9.17, 15) is 8.42 Å². The van der Waals surface area contributed by atoms with Gasteiger partial charge in [-0.2, -0.15) is 0 Å². The highest BCUT2D eigenvalue weighted by atomic mass is 35.5. The third-order valence-corrected chi connectivity index (χ3v) is 4.86. The van der Waals surface area contributed by atoms with E-state index in [-0.39, 0.29) is 9.92 Å². The third-order valence-electron chi connectivity index (χ3n) is 2.94. The number of nitrogens with one attached hydrogen (secondary N) is 1. The molecule has 0 atom stereocenters. The van der Waals surface area contributed by atoms with Crippen molar-refractivity contribution < 1.29 is 8.42 Å². The Morgan fingerprint density at radius 2 is 2.05 bits per heavy atom. The molecule has 0 aliphatic rings. The topological polar surface area (TPSA) is 75.4 Å². The molecule has 19 heavy (non-hydrogen) atoms. The largest absolute Gasteiger partial charge is 0.398 e. The Bertz CT molecular complexity index is 546. The second-order valence-corrected chi connectivity index (χ2v) is 6.58. The minimum atomic E-state index is -3.62. The lowest BCUT2D eigenvalue weighted by molar-refractivity contribution is 0.358. The molecule has 7 heteroatoms. The van der Waals surface area contributed by atoms with Crippen molar-refractivity contribution in [2.45, 2.75) is 18.7 Å². The maximum Gasteiger partial charge on any atom is 0.242 e. The summed E-state index contributed by atoms with van der Waals surface area (Å²) in [7, 11) is -1.70. The molecular weight excluding hydrogens is 286 g/mol. The van der Waals surface area contributed by atoms with Gasteiger partial charge in [0.15, 0.2) is 0 Å². The molecule has 1 aromatic rings. The Labute approximate surface area is 119 Å². The van der Waals surface area contributed by atoms with Gasteiger partial charge in [-0.1, -0.05) is 18.5 Å². The lowest BCUT2D eigenvalue weighted by Crippen LogP contribution is -2.33. The predicted octanol–water partition coefficient (Wildman–Crippen LogP) is 1.46. The molecule has 5 nitrogen and oxygen atoms in total. The van der Waals surface area contributed by atoms with Crippen LogP contribution in [0, 0.1) is 6.92 Å². The molecule has 0 aliphatic heterocycles. The first kappa shape index (κ1) is 16.2. The van der Waals surface area contributed by atoms with Crippen molar-refractivity contribution in [1.82, 2.24) is 9.62 Å². The lowest BCUT2D eigenvalue weighted by atomic mass is 10.2. The van der Waals surface area contributed by atoms with E-state index in [1.165, 1.54) is 6.07 Å². The van der Waals surface area contributed by atoms with Gasteiger partial charge in [-0.3, -0.25) is 0 Å². The van der Waals surface area contributed by atoms with E-state index < -0.39 is 10.0 Å². The molecule has 0 radical (unpaired) electrons. The van der Waals surface area contributed by atoms with E-state index in [0.29, 0.717) is 18.8 Å². The minimum Gasteiger partial charge on any atom is -0.398 e. The van der Waals surface area contributed by atoms with E-state index in [2.05, 4.69) is 4.72 Å². The van der Waals surface area contributed by atoms with Crippen molar-refractivity contribution in [3.05, 3.63) is 22.7 Å². The summed E-state index contributed by atoms with van der Waals surface area (Å²) in [6, 6.07) is 2.95. The van der Waals surface area contributed by atoms with Crippen LogP contribution >= 0.6 is 11.6 Å². The standard InChI is InChI=1S/C12H20ClN3O2S/c1-4-16(3)6-5-15-19(17,18)12-8-11(14)9(2)7-10(12)13/h7-8,15H,4-6,14H2,1-3H3. The molecule has 0 aliphatic carbocycles. The number of benzene rings is 1. The zero-order valence-electron chi connectivity index (χ0n) is 11.4. The zero-order chi connectivity index (χ0) is 14.6. The Hall–Kier alpha value is -0.820. The SMILES string of the molecule is CCN(C)CCNS(=O)(=O)c1cc(N)c(C)cc1Cl.